The van der Waals surface area contributed by atoms with E-state index < -0.39 is 5.97 Å². The fraction of sp³-hybridized carbons (Fsp3) is 0.667. The maximum atomic E-state index is 11.4. The molecule has 0 fully saturated rings. The topological polar surface area (TPSA) is 55.6 Å². The summed E-state index contributed by atoms with van der Waals surface area (Å²) in [5, 5.41) is 0. The molecule has 96 valence electrons. The minimum Gasteiger partial charge on any atom is -0.461 e. The zero-order valence-electron chi connectivity index (χ0n) is 10.9. The minimum absolute atomic E-state index is 0.222. The van der Waals surface area contributed by atoms with Gasteiger partial charge in [0.2, 0.25) is 0 Å². The number of rotatable bonds is 6. The van der Waals surface area contributed by atoms with Crippen LogP contribution in [0.5, 0.6) is 0 Å². The molecular weight excluding hydrogens is 220 g/mol. The standard InChI is InChI=1S/C12H20N2O3/c1-5-9(6-2)14(4)12-13-10(8-17-12)11(15)16-7-3/h8-9H,5-7H2,1-4H3. The van der Waals surface area contributed by atoms with Gasteiger partial charge in [-0.05, 0) is 19.8 Å². The van der Waals surface area contributed by atoms with Gasteiger partial charge >= 0.3 is 5.97 Å². The van der Waals surface area contributed by atoms with E-state index in [9.17, 15) is 4.79 Å². The summed E-state index contributed by atoms with van der Waals surface area (Å²) in [6.45, 7) is 6.32. The first-order chi connectivity index (χ1) is 8.13. The monoisotopic (exact) mass is 240 g/mol. The molecule has 5 heteroatoms. The van der Waals surface area contributed by atoms with E-state index >= 15 is 0 Å². The van der Waals surface area contributed by atoms with Crippen LogP contribution in [0.4, 0.5) is 6.01 Å². The normalized spacial score (nSPS) is 10.6. The number of aromatic nitrogens is 1. The van der Waals surface area contributed by atoms with Gasteiger partial charge in [-0.15, -0.1) is 0 Å². The van der Waals surface area contributed by atoms with Gasteiger partial charge in [-0.25, -0.2) is 4.79 Å². The number of esters is 1. The molecule has 0 saturated heterocycles. The van der Waals surface area contributed by atoms with Gasteiger partial charge in [0, 0.05) is 13.1 Å². The highest BCUT2D eigenvalue weighted by Crippen LogP contribution is 2.18. The molecule has 0 saturated carbocycles. The number of anilines is 1. The highest BCUT2D eigenvalue weighted by molar-refractivity contribution is 5.87. The van der Waals surface area contributed by atoms with Crippen molar-refractivity contribution in [1.29, 1.82) is 0 Å². The number of ether oxygens (including phenoxy) is 1. The molecule has 0 unspecified atom stereocenters. The summed E-state index contributed by atoms with van der Waals surface area (Å²) >= 11 is 0. The molecule has 0 atom stereocenters. The Hall–Kier alpha value is -1.52. The first-order valence-electron chi connectivity index (χ1n) is 5.99. The van der Waals surface area contributed by atoms with Crippen molar-refractivity contribution in [2.24, 2.45) is 0 Å². The van der Waals surface area contributed by atoms with Crippen LogP contribution in [0.2, 0.25) is 0 Å². The molecule has 5 nitrogen and oxygen atoms in total. The van der Waals surface area contributed by atoms with Crippen LogP contribution in [0, 0.1) is 0 Å². The largest absolute Gasteiger partial charge is 0.461 e. The molecule has 0 bridgehead atoms. The molecule has 0 amide bonds. The quantitative estimate of drug-likeness (QED) is 0.715. The van der Waals surface area contributed by atoms with Crippen molar-refractivity contribution in [3.05, 3.63) is 12.0 Å². The average molecular weight is 240 g/mol. The molecule has 0 aliphatic rings. The van der Waals surface area contributed by atoms with Crippen LogP contribution in [-0.2, 0) is 4.74 Å². The SMILES string of the molecule is CCOC(=O)c1coc(N(C)C(CC)CC)n1. The molecule has 17 heavy (non-hydrogen) atoms. The molecule has 0 aliphatic carbocycles. The van der Waals surface area contributed by atoms with Crippen LogP contribution in [0.25, 0.3) is 0 Å². The predicted molar refractivity (Wildman–Crippen MR) is 65.2 cm³/mol. The van der Waals surface area contributed by atoms with Crippen LogP contribution in [0.3, 0.4) is 0 Å². The number of carbonyl (C=O) groups excluding carboxylic acids is 1. The van der Waals surface area contributed by atoms with Gasteiger partial charge < -0.3 is 14.1 Å². The molecule has 0 aromatic carbocycles. The van der Waals surface area contributed by atoms with E-state index in [2.05, 4.69) is 18.8 Å². The Morgan fingerprint density at radius 1 is 1.47 bits per heavy atom. The third-order valence-corrected chi connectivity index (χ3v) is 2.77. The van der Waals surface area contributed by atoms with Gasteiger partial charge in [-0.1, -0.05) is 13.8 Å². The summed E-state index contributed by atoms with van der Waals surface area (Å²) in [6.07, 6.45) is 3.35. The Morgan fingerprint density at radius 3 is 2.65 bits per heavy atom. The van der Waals surface area contributed by atoms with Crippen molar-refractivity contribution in [2.75, 3.05) is 18.6 Å². The zero-order chi connectivity index (χ0) is 12.8. The van der Waals surface area contributed by atoms with Gasteiger partial charge in [-0.2, -0.15) is 4.98 Å². The Morgan fingerprint density at radius 2 is 2.12 bits per heavy atom. The number of oxazole rings is 1. The number of nitrogens with zero attached hydrogens (tertiary/aromatic N) is 2. The lowest BCUT2D eigenvalue weighted by atomic mass is 10.1. The van der Waals surface area contributed by atoms with E-state index in [0.29, 0.717) is 18.7 Å². The number of carbonyl (C=O) groups is 1. The van der Waals surface area contributed by atoms with Gasteiger partial charge in [-0.3, -0.25) is 0 Å². The van der Waals surface area contributed by atoms with Crippen LogP contribution in [0.1, 0.15) is 44.1 Å². The van der Waals surface area contributed by atoms with E-state index in [1.165, 1.54) is 6.26 Å². The lowest BCUT2D eigenvalue weighted by molar-refractivity contribution is 0.0519. The summed E-state index contributed by atoms with van der Waals surface area (Å²) in [6, 6.07) is 0.824. The first-order valence-corrected chi connectivity index (χ1v) is 5.99. The summed E-state index contributed by atoms with van der Waals surface area (Å²) in [5.74, 6) is -0.444. The van der Waals surface area contributed by atoms with E-state index in [-0.39, 0.29) is 5.69 Å². The maximum absolute atomic E-state index is 11.4. The summed E-state index contributed by atoms with van der Waals surface area (Å²) in [4.78, 5) is 17.5. The van der Waals surface area contributed by atoms with Crippen molar-refractivity contribution >= 4 is 12.0 Å². The van der Waals surface area contributed by atoms with Gasteiger partial charge in [0.1, 0.15) is 6.26 Å². The number of hydrogen-bond acceptors (Lipinski definition) is 5. The van der Waals surface area contributed by atoms with Crippen molar-refractivity contribution in [1.82, 2.24) is 4.98 Å². The lowest BCUT2D eigenvalue weighted by Crippen LogP contribution is -2.30. The number of hydrogen-bond donors (Lipinski definition) is 0. The van der Waals surface area contributed by atoms with Gasteiger partial charge in [0.05, 0.1) is 6.61 Å². The van der Waals surface area contributed by atoms with Crippen molar-refractivity contribution < 1.29 is 13.9 Å². The fourth-order valence-corrected chi connectivity index (χ4v) is 1.72. The highest BCUT2D eigenvalue weighted by Gasteiger charge is 2.19. The van der Waals surface area contributed by atoms with Crippen molar-refractivity contribution in [3.8, 4) is 0 Å². The lowest BCUT2D eigenvalue weighted by Gasteiger charge is -2.24. The Bertz CT molecular complexity index is 358. The smallest absolute Gasteiger partial charge is 0.360 e. The molecule has 0 spiro atoms. The molecule has 1 aromatic heterocycles. The maximum Gasteiger partial charge on any atom is 0.360 e. The predicted octanol–water partition coefficient (Wildman–Crippen LogP) is 2.48. The van der Waals surface area contributed by atoms with E-state index in [1.54, 1.807) is 6.92 Å². The summed E-state index contributed by atoms with van der Waals surface area (Å²) in [7, 11) is 1.92. The van der Waals surface area contributed by atoms with E-state index in [4.69, 9.17) is 9.15 Å². The summed E-state index contributed by atoms with van der Waals surface area (Å²) < 4.78 is 10.1. The Balaban J connectivity index is 2.76. The Kier molecular flexibility index (Phi) is 5.00. The summed E-state index contributed by atoms with van der Waals surface area (Å²) in [5.41, 5.74) is 0.222. The molecule has 0 N–H and O–H groups in total. The molecular formula is C12H20N2O3. The van der Waals surface area contributed by atoms with Crippen LogP contribution in [-0.4, -0.2) is 30.6 Å². The second-order valence-corrected chi connectivity index (χ2v) is 3.82. The third-order valence-electron chi connectivity index (χ3n) is 2.77. The Labute approximate surface area is 102 Å². The van der Waals surface area contributed by atoms with E-state index in [1.807, 2.05) is 11.9 Å². The minimum atomic E-state index is -0.444. The molecule has 1 aromatic rings. The van der Waals surface area contributed by atoms with Gasteiger partial charge in [0.25, 0.3) is 6.01 Å². The van der Waals surface area contributed by atoms with Gasteiger partial charge in [0.15, 0.2) is 5.69 Å². The van der Waals surface area contributed by atoms with E-state index in [0.717, 1.165) is 12.8 Å². The van der Waals surface area contributed by atoms with Crippen LogP contribution in [0.15, 0.2) is 10.7 Å². The first kappa shape index (κ1) is 13.5. The molecule has 1 rings (SSSR count). The second-order valence-electron chi connectivity index (χ2n) is 3.82. The van der Waals surface area contributed by atoms with Crippen LogP contribution < -0.4 is 4.90 Å². The molecule has 0 radical (unpaired) electrons. The highest BCUT2D eigenvalue weighted by atomic mass is 16.5. The molecule has 0 aliphatic heterocycles. The molecule has 1 heterocycles. The third kappa shape index (κ3) is 3.22. The van der Waals surface area contributed by atoms with Crippen molar-refractivity contribution in [3.63, 3.8) is 0 Å². The zero-order valence-corrected chi connectivity index (χ0v) is 10.9. The van der Waals surface area contributed by atoms with Crippen molar-refractivity contribution in [2.45, 2.75) is 39.7 Å². The average Bonchev–Trinajstić information content (AvgIpc) is 2.80. The fourth-order valence-electron chi connectivity index (χ4n) is 1.72. The second kappa shape index (κ2) is 6.27. The van der Waals surface area contributed by atoms with Crippen LogP contribution >= 0.6 is 0 Å².